The molecule has 0 atom stereocenters. The molecular formula is C9H12N2. The first-order valence-corrected chi connectivity index (χ1v) is 3.78. The van der Waals surface area contributed by atoms with Crippen LogP contribution in [0.2, 0.25) is 0 Å². The lowest BCUT2D eigenvalue weighted by Gasteiger charge is -1.91. The Balaban J connectivity index is 2.73. The Morgan fingerprint density at radius 1 is 1.36 bits per heavy atom. The van der Waals surface area contributed by atoms with Gasteiger partial charge in [-0.25, -0.2) is 9.97 Å². The van der Waals surface area contributed by atoms with Crippen LogP contribution in [0.15, 0.2) is 18.5 Å². The first kappa shape index (κ1) is 7.92. The number of allylic oxidation sites excluding steroid dienone is 1. The minimum atomic E-state index is 0.818. The number of hydrogen-bond acceptors (Lipinski definition) is 2. The maximum atomic E-state index is 4.07. The van der Waals surface area contributed by atoms with E-state index in [0.29, 0.717) is 0 Å². The van der Waals surface area contributed by atoms with Gasteiger partial charge >= 0.3 is 0 Å². The summed E-state index contributed by atoms with van der Waals surface area (Å²) in [5, 5.41) is 0. The van der Waals surface area contributed by atoms with Crippen LogP contribution in [-0.2, 0) is 0 Å². The van der Waals surface area contributed by atoms with Gasteiger partial charge in [-0.1, -0.05) is 19.1 Å². The van der Waals surface area contributed by atoms with Gasteiger partial charge in [-0.3, -0.25) is 0 Å². The van der Waals surface area contributed by atoms with Gasteiger partial charge in [0.25, 0.3) is 0 Å². The van der Waals surface area contributed by atoms with Crippen LogP contribution in [0.3, 0.4) is 0 Å². The second kappa shape index (κ2) is 3.86. The van der Waals surface area contributed by atoms with Crippen molar-refractivity contribution < 1.29 is 0 Å². The number of aryl methyl sites for hydroxylation is 1. The molecule has 0 aliphatic carbocycles. The molecule has 0 fully saturated rings. The summed E-state index contributed by atoms with van der Waals surface area (Å²) in [5.74, 6) is 0.818. The number of aromatic nitrogens is 2. The summed E-state index contributed by atoms with van der Waals surface area (Å²) in [4.78, 5) is 8.14. The highest BCUT2D eigenvalue weighted by molar-refractivity contribution is 5.45. The topological polar surface area (TPSA) is 25.8 Å². The van der Waals surface area contributed by atoms with Crippen LogP contribution in [0, 0.1) is 6.92 Å². The van der Waals surface area contributed by atoms with Crippen molar-refractivity contribution in [2.24, 2.45) is 0 Å². The minimum absolute atomic E-state index is 0.818. The van der Waals surface area contributed by atoms with Crippen LogP contribution in [0.5, 0.6) is 0 Å². The predicted octanol–water partition coefficient (Wildman–Crippen LogP) is 2.21. The van der Waals surface area contributed by atoms with Gasteiger partial charge < -0.3 is 0 Å². The molecule has 0 spiro atoms. The van der Waals surface area contributed by atoms with Crippen LogP contribution in [0.25, 0.3) is 6.08 Å². The van der Waals surface area contributed by atoms with E-state index < -0.39 is 0 Å². The molecule has 0 amide bonds. The highest BCUT2D eigenvalue weighted by Crippen LogP contribution is 1.98. The molecule has 0 bridgehead atoms. The minimum Gasteiger partial charge on any atom is -0.241 e. The Hall–Kier alpha value is -1.18. The van der Waals surface area contributed by atoms with Crippen LogP contribution in [0.4, 0.5) is 0 Å². The molecule has 58 valence electrons. The molecular weight excluding hydrogens is 136 g/mol. The van der Waals surface area contributed by atoms with E-state index in [2.05, 4.69) is 23.0 Å². The van der Waals surface area contributed by atoms with Gasteiger partial charge in [0.15, 0.2) is 0 Å². The highest BCUT2D eigenvalue weighted by Gasteiger charge is 1.86. The van der Waals surface area contributed by atoms with E-state index in [1.165, 1.54) is 0 Å². The van der Waals surface area contributed by atoms with Crippen molar-refractivity contribution in [2.45, 2.75) is 20.3 Å². The van der Waals surface area contributed by atoms with Gasteiger partial charge in [0.2, 0.25) is 0 Å². The second-order valence-corrected chi connectivity index (χ2v) is 2.37. The molecule has 2 heteroatoms. The molecule has 0 N–H and O–H groups in total. The molecule has 0 aliphatic heterocycles. The van der Waals surface area contributed by atoms with Gasteiger partial charge in [-0.2, -0.15) is 0 Å². The third-order valence-corrected chi connectivity index (χ3v) is 1.35. The molecule has 2 nitrogen and oxygen atoms in total. The normalized spacial score (nSPS) is 10.7. The summed E-state index contributed by atoms with van der Waals surface area (Å²) < 4.78 is 0. The Labute approximate surface area is 67.0 Å². The summed E-state index contributed by atoms with van der Waals surface area (Å²) in [6, 6.07) is 0. The average Bonchev–Trinajstić information content (AvgIpc) is 2.04. The molecule has 1 heterocycles. The largest absolute Gasteiger partial charge is 0.241 e. The van der Waals surface area contributed by atoms with Crippen LogP contribution >= 0.6 is 0 Å². The number of rotatable bonds is 2. The molecule has 11 heavy (non-hydrogen) atoms. The standard InChI is InChI=1S/C9H12N2/c1-3-4-5-9-6-10-8(2)11-7-9/h4-7H,3H2,1-2H3/b5-4+. The zero-order valence-corrected chi connectivity index (χ0v) is 6.91. The summed E-state index contributed by atoms with van der Waals surface area (Å²) in [7, 11) is 0. The molecule has 0 saturated heterocycles. The van der Waals surface area contributed by atoms with E-state index in [1.807, 2.05) is 25.4 Å². The zero-order chi connectivity index (χ0) is 8.10. The summed E-state index contributed by atoms with van der Waals surface area (Å²) in [6.07, 6.45) is 8.82. The van der Waals surface area contributed by atoms with E-state index >= 15 is 0 Å². The zero-order valence-electron chi connectivity index (χ0n) is 6.91. The molecule has 0 saturated carbocycles. The average molecular weight is 148 g/mol. The van der Waals surface area contributed by atoms with Gasteiger partial charge in [-0.15, -0.1) is 0 Å². The van der Waals surface area contributed by atoms with Crippen molar-refractivity contribution in [1.82, 2.24) is 9.97 Å². The van der Waals surface area contributed by atoms with Crippen LogP contribution in [-0.4, -0.2) is 9.97 Å². The van der Waals surface area contributed by atoms with Crippen molar-refractivity contribution in [3.8, 4) is 0 Å². The Morgan fingerprint density at radius 3 is 2.55 bits per heavy atom. The quantitative estimate of drug-likeness (QED) is 0.642. The summed E-state index contributed by atoms with van der Waals surface area (Å²) >= 11 is 0. The van der Waals surface area contributed by atoms with Crippen molar-refractivity contribution in [3.63, 3.8) is 0 Å². The molecule has 0 aliphatic rings. The van der Waals surface area contributed by atoms with Crippen LogP contribution < -0.4 is 0 Å². The van der Waals surface area contributed by atoms with Gasteiger partial charge in [0.1, 0.15) is 5.82 Å². The predicted molar refractivity (Wildman–Crippen MR) is 46.1 cm³/mol. The van der Waals surface area contributed by atoms with Crippen molar-refractivity contribution >= 4 is 6.08 Å². The Kier molecular flexibility index (Phi) is 2.78. The lowest BCUT2D eigenvalue weighted by molar-refractivity contribution is 1.05. The summed E-state index contributed by atoms with van der Waals surface area (Å²) in [6.45, 7) is 3.98. The van der Waals surface area contributed by atoms with Crippen molar-refractivity contribution in [3.05, 3.63) is 29.9 Å². The van der Waals surface area contributed by atoms with Crippen molar-refractivity contribution in [1.29, 1.82) is 0 Å². The second-order valence-electron chi connectivity index (χ2n) is 2.37. The fraction of sp³-hybridized carbons (Fsp3) is 0.333. The molecule has 0 aromatic carbocycles. The third kappa shape index (κ3) is 2.50. The fourth-order valence-corrected chi connectivity index (χ4v) is 0.743. The van der Waals surface area contributed by atoms with Gasteiger partial charge in [-0.05, 0) is 13.3 Å². The molecule has 1 aromatic rings. The van der Waals surface area contributed by atoms with Crippen molar-refractivity contribution in [2.75, 3.05) is 0 Å². The highest BCUT2D eigenvalue weighted by atomic mass is 14.8. The first-order valence-electron chi connectivity index (χ1n) is 3.78. The molecule has 1 rings (SSSR count). The number of nitrogens with zero attached hydrogens (tertiary/aromatic N) is 2. The first-order chi connectivity index (χ1) is 5.33. The third-order valence-electron chi connectivity index (χ3n) is 1.35. The molecule has 0 unspecified atom stereocenters. The summed E-state index contributed by atoms with van der Waals surface area (Å²) in [5.41, 5.74) is 1.07. The molecule has 1 aromatic heterocycles. The molecule has 0 radical (unpaired) electrons. The fourth-order valence-electron chi connectivity index (χ4n) is 0.743. The maximum absolute atomic E-state index is 4.07. The lowest BCUT2D eigenvalue weighted by atomic mass is 10.3. The maximum Gasteiger partial charge on any atom is 0.125 e. The van der Waals surface area contributed by atoms with E-state index in [9.17, 15) is 0 Å². The SMILES string of the molecule is CC/C=C/c1cnc(C)nc1. The lowest BCUT2D eigenvalue weighted by Crippen LogP contribution is -1.85. The Bertz CT molecular complexity index is 236. The van der Waals surface area contributed by atoms with E-state index in [1.54, 1.807) is 0 Å². The van der Waals surface area contributed by atoms with Gasteiger partial charge in [0, 0.05) is 18.0 Å². The van der Waals surface area contributed by atoms with E-state index in [-0.39, 0.29) is 0 Å². The van der Waals surface area contributed by atoms with Crippen LogP contribution in [0.1, 0.15) is 24.7 Å². The smallest absolute Gasteiger partial charge is 0.125 e. The monoisotopic (exact) mass is 148 g/mol. The van der Waals surface area contributed by atoms with Gasteiger partial charge in [0.05, 0.1) is 0 Å². The van der Waals surface area contributed by atoms with E-state index in [4.69, 9.17) is 0 Å². The number of hydrogen-bond donors (Lipinski definition) is 0. The Morgan fingerprint density at radius 2 is 2.00 bits per heavy atom. The van der Waals surface area contributed by atoms with E-state index in [0.717, 1.165) is 17.8 Å².